The van der Waals surface area contributed by atoms with Crippen molar-refractivity contribution in [3.05, 3.63) is 35.4 Å². The second-order valence-electron chi connectivity index (χ2n) is 4.79. The molecule has 1 heteroatoms. The zero-order chi connectivity index (χ0) is 11.3. The average Bonchev–Trinajstić information content (AvgIpc) is 2.17. The fourth-order valence-corrected chi connectivity index (χ4v) is 1.90. The van der Waals surface area contributed by atoms with Crippen LogP contribution in [0.3, 0.4) is 0 Å². The summed E-state index contributed by atoms with van der Waals surface area (Å²) in [7, 11) is 0. The summed E-state index contributed by atoms with van der Waals surface area (Å²) in [6.45, 7) is 6.66. The minimum atomic E-state index is 0.213. The van der Waals surface area contributed by atoms with Crippen LogP contribution < -0.4 is 5.73 Å². The first-order chi connectivity index (χ1) is 7.11. The fourth-order valence-electron chi connectivity index (χ4n) is 1.90. The van der Waals surface area contributed by atoms with E-state index in [2.05, 4.69) is 45.0 Å². The van der Waals surface area contributed by atoms with E-state index in [0.717, 1.165) is 12.3 Å². The summed E-state index contributed by atoms with van der Waals surface area (Å²) in [5.41, 5.74) is 8.80. The number of aryl methyl sites for hydroxylation is 1. The van der Waals surface area contributed by atoms with Gasteiger partial charge in [-0.2, -0.15) is 0 Å². The van der Waals surface area contributed by atoms with Gasteiger partial charge in [-0.05, 0) is 30.4 Å². The summed E-state index contributed by atoms with van der Waals surface area (Å²) >= 11 is 0. The minimum absolute atomic E-state index is 0.213. The van der Waals surface area contributed by atoms with Gasteiger partial charge in [-0.25, -0.2) is 0 Å². The average molecular weight is 205 g/mol. The lowest BCUT2D eigenvalue weighted by molar-refractivity contribution is 0.505. The van der Waals surface area contributed by atoms with E-state index in [4.69, 9.17) is 5.73 Å². The maximum Gasteiger partial charge on any atom is 0.0297 e. The van der Waals surface area contributed by atoms with Crippen LogP contribution in [0.25, 0.3) is 0 Å². The molecule has 15 heavy (non-hydrogen) atoms. The SMILES string of the molecule is Cc1ccccc1C(N)CCCC(C)C. The maximum absolute atomic E-state index is 6.18. The number of benzene rings is 1. The van der Waals surface area contributed by atoms with Crippen molar-refractivity contribution in [2.24, 2.45) is 11.7 Å². The summed E-state index contributed by atoms with van der Waals surface area (Å²) in [5.74, 6) is 0.786. The van der Waals surface area contributed by atoms with Crippen LogP contribution >= 0.6 is 0 Å². The predicted octanol–water partition coefficient (Wildman–Crippen LogP) is 3.82. The van der Waals surface area contributed by atoms with Gasteiger partial charge in [0, 0.05) is 6.04 Å². The van der Waals surface area contributed by atoms with Crippen LogP contribution in [0.2, 0.25) is 0 Å². The van der Waals surface area contributed by atoms with Gasteiger partial charge in [-0.1, -0.05) is 51.0 Å². The topological polar surface area (TPSA) is 26.0 Å². The molecule has 0 aliphatic carbocycles. The van der Waals surface area contributed by atoms with Gasteiger partial charge in [0.25, 0.3) is 0 Å². The van der Waals surface area contributed by atoms with Crippen molar-refractivity contribution in [2.45, 2.75) is 46.1 Å². The van der Waals surface area contributed by atoms with Gasteiger partial charge >= 0.3 is 0 Å². The van der Waals surface area contributed by atoms with E-state index in [1.807, 2.05) is 0 Å². The summed E-state index contributed by atoms with van der Waals surface area (Å²) in [6.07, 6.45) is 3.61. The third-order valence-corrected chi connectivity index (χ3v) is 2.88. The van der Waals surface area contributed by atoms with Crippen LogP contribution in [0, 0.1) is 12.8 Å². The van der Waals surface area contributed by atoms with Crippen LogP contribution in [-0.2, 0) is 0 Å². The standard InChI is InChI=1S/C14H23N/c1-11(2)7-6-10-14(15)13-9-5-4-8-12(13)3/h4-5,8-9,11,14H,6-7,10,15H2,1-3H3. The quantitative estimate of drug-likeness (QED) is 0.777. The molecule has 1 unspecified atom stereocenters. The molecule has 0 spiro atoms. The molecule has 0 aliphatic heterocycles. The highest BCUT2D eigenvalue weighted by Crippen LogP contribution is 2.21. The van der Waals surface area contributed by atoms with Gasteiger partial charge in [-0.15, -0.1) is 0 Å². The molecule has 1 aromatic rings. The zero-order valence-electron chi connectivity index (χ0n) is 10.2. The Morgan fingerprint density at radius 2 is 1.80 bits per heavy atom. The molecule has 1 aromatic carbocycles. The van der Waals surface area contributed by atoms with Gasteiger partial charge in [0.05, 0.1) is 0 Å². The number of rotatable bonds is 5. The highest BCUT2D eigenvalue weighted by atomic mass is 14.6. The molecule has 0 aromatic heterocycles. The molecule has 84 valence electrons. The fraction of sp³-hybridized carbons (Fsp3) is 0.571. The molecule has 2 N–H and O–H groups in total. The third-order valence-electron chi connectivity index (χ3n) is 2.88. The summed E-state index contributed by atoms with van der Waals surface area (Å²) in [4.78, 5) is 0. The van der Waals surface area contributed by atoms with Crippen molar-refractivity contribution in [2.75, 3.05) is 0 Å². The second-order valence-corrected chi connectivity index (χ2v) is 4.79. The molecule has 0 amide bonds. The zero-order valence-corrected chi connectivity index (χ0v) is 10.2. The molecule has 0 aliphatic rings. The van der Waals surface area contributed by atoms with E-state index < -0.39 is 0 Å². The Balaban J connectivity index is 2.47. The molecule has 0 saturated heterocycles. The van der Waals surface area contributed by atoms with Crippen LogP contribution in [0.1, 0.15) is 50.3 Å². The summed E-state index contributed by atoms with van der Waals surface area (Å²) in [5, 5.41) is 0. The molecule has 0 saturated carbocycles. The molecule has 0 heterocycles. The maximum atomic E-state index is 6.18. The van der Waals surface area contributed by atoms with Crippen LogP contribution in [0.5, 0.6) is 0 Å². The molecule has 0 fully saturated rings. The van der Waals surface area contributed by atoms with E-state index in [1.165, 1.54) is 24.0 Å². The van der Waals surface area contributed by atoms with Crippen molar-refractivity contribution in [1.29, 1.82) is 0 Å². The van der Waals surface area contributed by atoms with E-state index in [0.29, 0.717) is 0 Å². The Hall–Kier alpha value is -0.820. The lowest BCUT2D eigenvalue weighted by Crippen LogP contribution is -2.11. The number of hydrogen-bond acceptors (Lipinski definition) is 1. The molecular weight excluding hydrogens is 182 g/mol. The molecule has 1 nitrogen and oxygen atoms in total. The van der Waals surface area contributed by atoms with Crippen molar-refractivity contribution in [3.8, 4) is 0 Å². The Labute approximate surface area is 93.7 Å². The molecule has 0 radical (unpaired) electrons. The first kappa shape index (κ1) is 12.3. The normalized spacial score (nSPS) is 13.1. The van der Waals surface area contributed by atoms with E-state index in [-0.39, 0.29) is 6.04 Å². The minimum Gasteiger partial charge on any atom is -0.324 e. The highest BCUT2D eigenvalue weighted by molar-refractivity contribution is 5.28. The van der Waals surface area contributed by atoms with Crippen LogP contribution in [0.4, 0.5) is 0 Å². The molecular formula is C14H23N. The first-order valence-electron chi connectivity index (χ1n) is 5.92. The predicted molar refractivity (Wildman–Crippen MR) is 66.8 cm³/mol. The van der Waals surface area contributed by atoms with Gasteiger partial charge < -0.3 is 5.73 Å². The van der Waals surface area contributed by atoms with Gasteiger partial charge in [0.2, 0.25) is 0 Å². The van der Waals surface area contributed by atoms with Crippen LogP contribution in [0.15, 0.2) is 24.3 Å². The van der Waals surface area contributed by atoms with E-state index in [9.17, 15) is 0 Å². The van der Waals surface area contributed by atoms with Gasteiger partial charge in [-0.3, -0.25) is 0 Å². The van der Waals surface area contributed by atoms with Crippen LogP contribution in [-0.4, -0.2) is 0 Å². The Kier molecular flexibility index (Phi) is 4.83. The smallest absolute Gasteiger partial charge is 0.0297 e. The van der Waals surface area contributed by atoms with Crippen molar-refractivity contribution < 1.29 is 0 Å². The molecule has 1 rings (SSSR count). The number of nitrogens with two attached hydrogens (primary N) is 1. The van der Waals surface area contributed by atoms with E-state index >= 15 is 0 Å². The molecule has 0 bridgehead atoms. The third kappa shape index (κ3) is 4.05. The molecule has 1 atom stereocenters. The Bertz CT molecular complexity index is 291. The highest BCUT2D eigenvalue weighted by Gasteiger charge is 2.07. The number of hydrogen-bond donors (Lipinski definition) is 1. The van der Waals surface area contributed by atoms with Gasteiger partial charge in [0.15, 0.2) is 0 Å². The first-order valence-corrected chi connectivity index (χ1v) is 5.92. The lowest BCUT2D eigenvalue weighted by Gasteiger charge is -2.15. The monoisotopic (exact) mass is 205 g/mol. The van der Waals surface area contributed by atoms with Crippen molar-refractivity contribution in [3.63, 3.8) is 0 Å². The van der Waals surface area contributed by atoms with Crippen molar-refractivity contribution in [1.82, 2.24) is 0 Å². The lowest BCUT2D eigenvalue weighted by atomic mass is 9.96. The van der Waals surface area contributed by atoms with E-state index in [1.54, 1.807) is 0 Å². The summed E-state index contributed by atoms with van der Waals surface area (Å²) in [6, 6.07) is 8.64. The second kappa shape index (κ2) is 5.92. The Morgan fingerprint density at radius 1 is 1.13 bits per heavy atom. The van der Waals surface area contributed by atoms with Crippen molar-refractivity contribution >= 4 is 0 Å². The van der Waals surface area contributed by atoms with Gasteiger partial charge in [0.1, 0.15) is 0 Å². The summed E-state index contributed by atoms with van der Waals surface area (Å²) < 4.78 is 0. The Morgan fingerprint density at radius 3 is 2.40 bits per heavy atom. The largest absolute Gasteiger partial charge is 0.324 e.